The molecule has 0 aliphatic heterocycles. The second kappa shape index (κ2) is 9.04. The molecule has 2 aromatic heterocycles. The van der Waals surface area contributed by atoms with Crippen LogP contribution in [0.3, 0.4) is 0 Å². The molecule has 0 aliphatic carbocycles. The number of rotatable bonds is 5. The van der Waals surface area contributed by atoms with Gasteiger partial charge in [-0.2, -0.15) is 0 Å². The third-order valence-electron chi connectivity index (χ3n) is 6.94. The average Bonchev–Trinajstić information content (AvgIpc) is 3.38. The van der Waals surface area contributed by atoms with E-state index < -0.39 is 5.60 Å². The number of methoxy groups -OCH3 is 1. The lowest BCUT2D eigenvalue weighted by atomic mass is 9.82. The fourth-order valence-electron chi connectivity index (χ4n) is 5.07. The number of aliphatic hydroxyl groups is 1. The van der Waals surface area contributed by atoms with Gasteiger partial charge in [0.2, 0.25) is 5.88 Å². The molecular formula is C31H24ClN3O2. The zero-order valence-electron chi connectivity index (χ0n) is 20.4. The van der Waals surface area contributed by atoms with Gasteiger partial charge in [-0.15, -0.1) is 0 Å². The molecule has 2 heterocycles. The molecule has 0 aliphatic rings. The number of ether oxygens (including phenoxy) is 1. The zero-order chi connectivity index (χ0) is 25.6. The summed E-state index contributed by atoms with van der Waals surface area (Å²) in [6.07, 6.45) is 3.38. The average molecular weight is 506 g/mol. The van der Waals surface area contributed by atoms with Crippen molar-refractivity contribution >= 4 is 33.3 Å². The van der Waals surface area contributed by atoms with Crippen molar-refractivity contribution in [2.45, 2.75) is 5.60 Å². The van der Waals surface area contributed by atoms with Crippen LogP contribution >= 0.6 is 11.6 Å². The zero-order valence-corrected chi connectivity index (χ0v) is 21.1. The molecule has 6 rings (SSSR count). The number of aryl methyl sites for hydroxylation is 1. The first-order valence-corrected chi connectivity index (χ1v) is 12.3. The van der Waals surface area contributed by atoms with Gasteiger partial charge in [0.05, 0.1) is 30.8 Å². The SMILES string of the molecule is COc1cc(-c2cccc3ccccc23)c2cc(C(O)(c3ccc(Cl)cc3)c3cncn3C)ccc2n1. The molecule has 182 valence electrons. The lowest BCUT2D eigenvalue weighted by molar-refractivity contribution is 0.117. The van der Waals surface area contributed by atoms with Gasteiger partial charge < -0.3 is 14.4 Å². The fraction of sp³-hybridized carbons (Fsp3) is 0.0968. The van der Waals surface area contributed by atoms with Gasteiger partial charge in [-0.05, 0) is 57.3 Å². The normalized spacial score (nSPS) is 13.1. The van der Waals surface area contributed by atoms with Crippen molar-refractivity contribution in [1.82, 2.24) is 14.5 Å². The van der Waals surface area contributed by atoms with Crippen LogP contribution in [0.25, 0.3) is 32.8 Å². The molecule has 0 radical (unpaired) electrons. The summed E-state index contributed by atoms with van der Waals surface area (Å²) in [4.78, 5) is 9.00. The Morgan fingerprint density at radius 3 is 2.35 bits per heavy atom. The molecular weight excluding hydrogens is 482 g/mol. The molecule has 0 bridgehead atoms. The second-order valence-electron chi connectivity index (χ2n) is 9.08. The van der Waals surface area contributed by atoms with E-state index in [4.69, 9.17) is 21.3 Å². The largest absolute Gasteiger partial charge is 0.481 e. The van der Waals surface area contributed by atoms with Crippen LogP contribution < -0.4 is 4.74 Å². The van der Waals surface area contributed by atoms with Gasteiger partial charge in [-0.25, -0.2) is 9.97 Å². The van der Waals surface area contributed by atoms with E-state index in [1.54, 1.807) is 31.8 Å². The molecule has 6 aromatic rings. The molecule has 6 heteroatoms. The number of fused-ring (bicyclic) bond motifs is 2. The van der Waals surface area contributed by atoms with Crippen molar-refractivity contribution in [2.24, 2.45) is 7.05 Å². The molecule has 1 unspecified atom stereocenters. The summed E-state index contributed by atoms with van der Waals surface area (Å²) in [6, 6.07) is 29.6. The molecule has 1 N–H and O–H groups in total. The maximum atomic E-state index is 12.4. The van der Waals surface area contributed by atoms with Gasteiger partial charge in [0.1, 0.15) is 0 Å². The standard InChI is InChI=1S/C31H24ClN3O2/c1-35-19-33-18-29(35)31(36,21-10-13-23(32)14-11-21)22-12-15-28-27(16-22)26(17-30(34-28)37-2)25-9-5-7-20-6-3-4-8-24(20)25/h3-19,36H,1-2H3. The van der Waals surface area contributed by atoms with Crippen molar-refractivity contribution in [3.05, 3.63) is 125 Å². The van der Waals surface area contributed by atoms with E-state index in [1.807, 2.05) is 60.1 Å². The van der Waals surface area contributed by atoms with Gasteiger partial charge in [-0.3, -0.25) is 0 Å². The van der Waals surface area contributed by atoms with Gasteiger partial charge in [0.25, 0.3) is 0 Å². The molecule has 0 saturated heterocycles. The number of hydrogen-bond acceptors (Lipinski definition) is 4. The van der Waals surface area contributed by atoms with Crippen LogP contribution in [-0.4, -0.2) is 26.8 Å². The molecule has 1 atom stereocenters. The van der Waals surface area contributed by atoms with Gasteiger partial charge in [0.15, 0.2) is 5.60 Å². The Bertz CT molecular complexity index is 1760. The Kier molecular flexibility index (Phi) is 5.67. The summed E-state index contributed by atoms with van der Waals surface area (Å²) in [6.45, 7) is 0. The molecule has 37 heavy (non-hydrogen) atoms. The number of benzene rings is 4. The van der Waals surface area contributed by atoms with Crippen LogP contribution in [0.5, 0.6) is 5.88 Å². The number of halogens is 1. The van der Waals surface area contributed by atoms with Gasteiger partial charge >= 0.3 is 0 Å². The molecule has 0 saturated carbocycles. The van der Waals surface area contributed by atoms with Crippen molar-refractivity contribution < 1.29 is 9.84 Å². The third-order valence-corrected chi connectivity index (χ3v) is 7.19. The quantitative estimate of drug-likeness (QED) is 0.282. The lowest BCUT2D eigenvalue weighted by Gasteiger charge is -2.30. The third kappa shape index (κ3) is 3.84. The van der Waals surface area contributed by atoms with Crippen molar-refractivity contribution in [3.63, 3.8) is 0 Å². The van der Waals surface area contributed by atoms with Crippen molar-refractivity contribution in [3.8, 4) is 17.0 Å². The molecule has 0 spiro atoms. The predicted molar refractivity (Wildman–Crippen MR) is 148 cm³/mol. The Labute approximate surface area is 219 Å². The second-order valence-corrected chi connectivity index (χ2v) is 9.51. The maximum absolute atomic E-state index is 12.4. The smallest absolute Gasteiger partial charge is 0.214 e. The highest BCUT2D eigenvalue weighted by atomic mass is 35.5. The summed E-state index contributed by atoms with van der Waals surface area (Å²) < 4.78 is 7.39. The molecule has 0 amide bonds. The first-order valence-electron chi connectivity index (χ1n) is 11.9. The fourth-order valence-corrected chi connectivity index (χ4v) is 5.20. The highest BCUT2D eigenvalue weighted by Gasteiger charge is 2.37. The van der Waals surface area contributed by atoms with E-state index >= 15 is 0 Å². The van der Waals surface area contributed by atoms with Crippen LogP contribution in [0.1, 0.15) is 16.8 Å². The Hall–Kier alpha value is -4.19. The molecule has 0 fully saturated rings. The van der Waals surface area contributed by atoms with Crippen LogP contribution in [0.2, 0.25) is 5.02 Å². The Morgan fingerprint density at radius 1 is 0.838 bits per heavy atom. The highest BCUT2D eigenvalue weighted by Crippen LogP contribution is 2.41. The van der Waals surface area contributed by atoms with Crippen LogP contribution in [0, 0.1) is 0 Å². The topological polar surface area (TPSA) is 60.2 Å². The van der Waals surface area contributed by atoms with E-state index in [-0.39, 0.29) is 0 Å². The van der Waals surface area contributed by atoms with E-state index in [9.17, 15) is 5.11 Å². The first kappa shape index (κ1) is 23.2. The van der Waals surface area contributed by atoms with E-state index in [0.29, 0.717) is 27.7 Å². The summed E-state index contributed by atoms with van der Waals surface area (Å²) in [5.74, 6) is 0.530. The number of pyridine rings is 1. The van der Waals surface area contributed by atoms with E-state index in [2.05, 4.69) is 35.3 Å². The minimum absolute atomic E-state index is 0.530. The molecule has 5 nitrogen and oxygen atoms in total. The minimum Gasteiger partial charge on any atom is -0.481 e. The van der Waals surface area contributed by atoms with Gasteiger partial charge in [0, 0.05) is 23.5 Å². The van der Waals surface area contributed by atoms with Crippen LogP contribution in [0.4, 0.5) is 0 Å². The maximum Gasteiger partial charge on any atom is 0.214 e. The first-order chi connectivity index (χ1) is 18.0. The van der Waals surface area contributed by atoms with Crippen LogP contribution in [0.15, 0.2) is 104 Å². The number of hydrogen-bond donors (Lipinski definition) is 1. The van der Waals surface area contributed by atoms with E-state index in [1.165, 1.54) is 0 Å². The number of imidazole rings is 1. The molecule has 4 aromatic carbocycles. The number of aromatic nitrogens is 3. The Morgan fingerprint density at radius 2 is 1.59 bits per heavy atom. The lowest BCUT2D eigenvalue weighted by Crippen LogP contribution is -2.31. The van der Waals surface area contributed by atoms with Crippen LogP contribution in [-0.2, 0) is 12.6 Å². The minimum atomic E-state index is -1.47. The van der Waals surface area contributed by atoms with E-state index in [0.717, 1.165) is 32.8 Å². The van der Waals surface area contributed by atoms with Crippen molar-refractivity contribution in [1.29, 1.82) is 0 Å². The monoisotopic (exact) mass is 505 g/mol. The van der Waals surface area contributed by atoms with Crippen molar-refractivity contribution in [2.75, 3.05) is 7.11 Å². The van der Waals surface area contributed by atoms with Gasteiger partial charge in [-0.1, -0.05) is 72.3 Å². The highest BCUT2D eigenvalue weighted by molar-refractivity contribution is 6.30. The number of nitrogens with zero attached hydrogens (tertiary/aromatic N) is 3. The summed E-state index contributed by atoms with van der Waals surface area (Å²) in [5, 5.41) is 16.2. The summed E-state index contributed by atoms with van der Waals surface area (Å²) in [7, 11) is 3.50. The summed E-state index contributed by atoms with van der Waals surface area (Å²) >= 11 is 6.19. The predicted octanol–water partition coefficient (Wildman–Crippen LogP) is 6.73. The Balaban J connectivity index is 1.66. The summed E-state index contributed by atoms with van der Waals surface area (Å²) in [5.41, 5.74) is 3.37.